The van der Waals surface area contributed by atoms with Crippen molar-refractivity contribution >= 4 is 21.8 Å². The molecule has 2 aliphatic rings. The number of piperidine rings is 1. The molecule has 18 heavy (non-hydrogen) atoms. The molecule has 1 heterocycles. The summed E-state index contributed by atoms with van der Waals surface area (Å²) in [6.07, 6.45) is 4.86. The van der Waals surface area contributed by atoms with Gasteiger partial charge in [-0.1, -0.05) is 0 Å². The van der Waals surface area contributed by atoms with Crippen molar-refractivity contribution in [3.8, 4) is 0 Å². The predicted molar refractivity (Wildman–Crippen MR) is 70.9 cm³/mol. The number of carbonyl (C=O) groups is 1. The maximum atomic E-state index is 13.4. The van der Waals surface area contributed by atoms with Gasteiger partial charge in [0.15, 0.2) is 0 Å². The van der Waals surface area contributed by atoms with Crippen LogP contribution in [0.1, 0.15) is 36.0 Å². The maximum Gasteiger partial charge on any atom is 0.253 e. The third-order valence-corrected chi connectivity index (χ3v) is 4.88. The fourth-order valence-corrected chi connectivity index (χ4v) is 2.92. The van der Waals surface area contributed by atoms with Gasteiger partial charge in [-0.15, -0.1) is 0 Å². The summed E-state index contributed by atoms with van der Waals surface area (Å²) in [6, 6.07) is 4.58. The summed E-state index contributed by atoms with van der Waals surface area (Å²) < 4.78 is 13.8. The topological polar surface area (TPSA) is 20.3 Å². The molecule has 0 N–H and O–H groups in total. The van der Waals surface area contributed by atoms with E-state index in [0.29, 0.717) is 15.5 Å². The lowest BCUT2D eigenvalue weighted by Gasteiger charge is -2.32. The number of hydrogen-bond donors (Lipinski definition) is 0. The number of nitrogens with zero attached hydrogens (tertiary/aromatic N) is 1. The molecule has 0 bridgehead atoms. The highest BCUT2D eigenvalue weighted by molar-refractivity contribution is 9.10. The van der Waals surface area contributed by atoms with Gasteiger partial charge in [-0.05, 0) is 65.2 Å². The van der Waals surface area contributed by atoms with E-state index >= 15 is 0 Å². The van der Waals surface area contributed by atoms with Crippen molar-refractivity contribution in [2.24, 2.45) is 5.41 Å². The van der Waals surface area contributed by atoms with Gasteiger partial charge in [0.25, 0.3) is 5.91 Å². The summed E-state index contributed by atoms with van der Waals surface area (Å²) >= 11 is 3.10. The molecule has 1 aromatic rings. The van der Waals surface area contributed by atoms with Crippen LogP contribution in [-0.2, 0) is 0 Å². The van der Waals surface area contributed by atoms with Crippen molar-refractivity contribution in [2.75, 3.05) is 13.1 Å². The van der Waals surface area contributed by atoms with Crippen LogP contribution >= 0.6 is 15.9 Å². The molecule has 1 aromatic carbocycles. The van der Waals surface area contributed by atoms with Gasteiger partial charge in [0.2, 0.25) is 0 Å². The summed E-state index contributed by atoms with van der Waals surface area (Å²) in [5, 5.41) is 0. The second-order valence-corrected chi connectivity index (χ2v) is 6.28. The number of halogens is 2. The Morgan fingerprint density at radius 1 is 1.22 bits per heavy atom. The summed E-state index contributed by atoms with van der Waals surface area (Å²) in [4.78, 5) is 14.1. The van der Waals surface area contributed by atoms with Gasteiger partial charge >= 0.3 is 0 Å². The van der Waals surface area contributed by atoms with E-state index in [0.717, 1.165) is 25.9 Å². The first kappa shape index (κ1) is 12.2. The lowest BCUT2D eigenvalue weighted by Crippen LogP contribution is -2.39. The molecule has 1 aliphatic heterocycles. The first-order valence-electron chi connectivity index (χ1n) is 6.34. The van der Waals surface area contributed by atoms with Crippen LogP contribution in [0, 0.1) is 11.2 Å². The van der Waals surface area contributed by atoms with Crippen molar-refractivity contribution in [1.82, 2.24) is 4.90 Å². The number of benzene rings is 1. The molecule has 1 saturated carbocycles. The van der Waals surface area contributed by atoms with Gasteiger partial charge < -0.3 is 4.90 Å². The van der Waals surface area contributed by atoms with E-state index in [1.54, 1.807) is 12.1 Å². The normalized spacial score (nSPS) is 21.1. The van der Waals surface area contributed by atoms with Crippen molar-refractivity contribution in [3.05, 3.63) is 34.1 Å². The Bertz CT molecular complexity index is 489. The number of carbonyl (C=O) groups excluding carboxylic acids is 1. The molecule has 0 radical (unpaired) electrons. The minimum atomic E-state index is -0.378. The Morgan fingerprint density at radius 3 is 2.44 bits per heavy atom. The quantitative estimate of drug-likeness (QED) is 0.776. The van der Waals surface area contributed by atoms with Gasteiger partial charge in [-0.3, -0.25) is 4.79 Å². The highest BCUT2D eigenvalue weighted by Crippen LogP contribution is 2.53. The van der Waals surface area contributed by atoms with Crippen LogP contribution in [0.15, 0.2) is 22.7 Å². The fourth-order valence-electron chi connectivity index (χ4n) is 2.67. The molecular weight excluding hydrogens is 297 g/mol. The van der Waals surface area contributed by atoms with Crippen LogP contribution in [0.4, 0.5) is 4.39 Å². The van der Waals surface area contributed by atoms with Crippen molar-refractivity contribution < 1.29 is 9.18 Å². The number of rotatable bonds is 1. The Balaban J connectivity index is 1.72. The summed E-state index contributed by atoms with van der Waals surface area (Å²) in [7, 11) is 0. The molecule has 1 spiro atoms. The lowest BCUT2D eigenvalue weighted by atomic mass is 9.93. The fraction of sp³-hybridized carbons (Fsp3) is 0.500. The molecule has 1 saturated heterocycles. The molecule has 0 unspecified atom stereocenters. The molecule has 2 nitrogen and oxygen atoms in total. The molecule has 0 aromatic heterocycles. The molecule has 0 atom stereocenters. The van der Waals surface area contributed by atoms with Crippen molar-refractivity contribution in [1.29, 1.82) is 0 Å². The maximum absolute atomic E-state index is 13.4. The number of hydrogen-bond acceptors (Lipinski definition) is 1. The second-order valence-electron chi connectivity index (χ2n) is 5.42. The van der Waals surface area contributed by atoms with Gasteiger partial charge in [-0.25, -0.2) is 4.39 Å². The molecular formula is C14H15BrFNO. The third kappa shape index (κ3) is 2.18. The molecule has 2 fully saturated rings. The van der Waals surface area contributed by atoms with Crippen LogP contribution in [0.3, 0.4) is 0 Å². The van der Waals surface area contributed by atoms with Gasteiger partial charge in [0, 0.05) is 18.7 Å². The largest absolute Gasteiger partial charge is 0.339 e. The Labute approximate surface area is 114 Å². The molecule has 96 valence electrons. The zero-order valence-corrected chi connectivity index (χ0v) is 11.7. The van der Waals surface area contributed by atoms with Gasteiger partial charge in [0.1, 0.15) is 5.82 Å². The van der Waals surface area contributed by atoms with Crippen LogP contribution in [0.2, 0.25) is 0 Å². The average Bonchev–Trinajstić information content (AvgIpc) is 3.12. The van der Waals surface area contributed by atoms with E-state index in [-0.39, 0.29) is 11.7 Å². The van der Waals surface area contributed by atoms with E-state index in [1.165, 1.54) is 18.9 Å². The third-order valence-electron chi connectivity index (χ3n) is 4.23. The lowest BCUT2D eigenvalue weighted by molar-refractivity contribution is 0.0678. The van der Waals surface area contributed by atoms with Crippen LogP contribution in [0.5, 0.6) is 0 Å². The summed E-state index contributed by atoms with van der Waals surface area (Å²) in [6.45, 7) is 1.63. The second kappa shape index (κ2) is 4.34. The van der Waals surface area contributed by atoms with Crippen LogP contribution in [0.25, 0.3) is 0 Å². The zero-order chi connectivity index (χ0) is 12.8. The molecule has 3 rings (SSSR count). The number of likely N-dealkylation sites (tertiary alicyclic amines) is 1. The van der Waals surface area contributed by atoms with Crippen LogP contribution in [-0.4, -0.2) is 23.9 Å². The van der Waals surface area contributed by atoms with Crippen molar-refractivity contribution in [3.63, 3.8) is 0 Å². The monoisotopic (exact) mass is 311 g/mol. The standard InChI is InChI=1S/C14H15BrFNO/c15-11-2-1-10(9-12(11)16)13(18)17-7-5-14(3-4-14)6-8-17/h1-2,9H,3-8H2. The zero-order valence-electron chi connectivity index (χ0n) is 10.1. The molecule has 1 amide bonds. The molecule has 1 aliphatic carbocycles. The predicted octanol–water partition coefficient (Wildman–Crippen LogP) is 3.60. The molecule has 4 heteroatoms. The highest BCUT2D eigenvalue weighted by atomic mass is 79.9. The average molecular weight is 312 g/mol. The first-order chi connectivity index (χ1) is 8.60. The van der Waals surface area contributed by atoms with Gasteiger partial charge in [0.05, 0.1) is 4.47 Å². The SMILES string of the molecule is O=C(c1ccc(Br)c(F)c1)N1CCC2(CC1)CC2. The van der Waals surface area contributed by atoms with Gasteiger partial charge in [-0.2, -0.15) is 0 Å². The smallest absolute Gasteiger partial charge is 0.253 e. The minimum Gasteiger partial charge on any atom is -0.339 e. The van der Waals surface area contributed by atoms with E-state index < -0.39 is 0 Å². The first-order valence-corrected chi connectivity index (χ1v) is 7.13. The van der Waals surface area contributed by atoms with E-state index in [1.807, 2.05) is 4.90 Å². The Kier molecular flexibility index (Phi) is 2.93. The minimum absolute atomic E-state index is 0.0445. The Hall–Kier alpha value is -0.900. The van der Waals surface area contributed by atoms with Crippen molar-refractivity contribution in [2.45, 2.75) is 25.7 Å². The number of amides is 1. The Morgan fingerprint density at radius 2 is 1.89 bits per heavy atom. The summed E-state index contributed by atoms with van der Waals surface area (Å²) in [5.74, 6) is -0.423. The van der Waals surface area contributed by atoms with E-state index in [2.05, 4.69) is 15.9 Å². The van der Waals surface area contributed by atoms with E-state index in [9.17, 15) is 9.18 Å². The highest BCUT2D eigenvalue weighted by Gasteiger charge is 2.45. The summed E-state index contributed by atoms with van der Waals surface area (Å²) in [5.41, 5.74) is 1.00. The van der Waals surface area contributed by atoms with E-state index in [4.69, 9.17) is 0 Å². The van der Waals surface area contributed by atoms with Crippen LogP contribution < -0.4 is 0 Å².